The van der Waals surface area contributed by atoms with Gasteiger partial charge >= 0.3 is 6.03 Å². The zero-order valence-electron chi connectivity index (χ0n) is 14.3. The molecular formula is C19H19FN2O3. The number of rotatable bonds is 4. The molecule has 130 valence electrons. The molecule has 25 heavy (non-hydrogen) atoms. The van der Waals surface area contributed by atoms with Crippen molar-refractivity contribution in [3.05, 3.63) is 59.4 Å². The van der Waals surface area contributed by atoms with E-state index in [2.05, 4.69) is 0 Å². The van der Waals surface area contributed by atoms with E-state index in [1.165, 1.54) is 30.2 Å². The number of carbonyl (C=O) groups excluding carboxylic acids is 2. The first-order chi connectivity index (χ1) is 11.9. The highest BCUT2D eigenvalue weighted by Gasteiger charge is 2.43. The second-order valence-electron chi connectivity index (χ2n) is 6.04. The summed E-state index contributed by atoms with van der Waals surface area (Å²) in [6.07, 6.45) is 0. The third kappa shape index (κ3) is 3.07. The van der Waals surface area contributed by atoms with Crippen LogP contribution in [-0.2, 0) is 11.3 Å². The minimum atomic E-state index is -0.616. The number of methoxy groups -OCH3 is 1. The van der Waals surface area contributed by atoms with Crippen LogP contribution in [0.15, 0.2) is 42.5 Å². The number of aryl methyl sites for hydroxylation is 1. The van der Waals surface area contributed by atoms with Crippen molar-refractivity contribution in [3.8, 4) is 5.75 Å². The smallest absolute Gasteiger partial charge is 0.332 e. The van der Waals surface area contributed by atoms with Gasteiger partial charge in [0.25, 0.3) is 5.91 Å². The molecule has 0 saturated carbocycles. The summed E-state index contributed by atoms with van der Waals surface area (Å²) < 4.78 is 18.8. The number of halogens is 1. The van der Waals surface area contributed by atoms with Crippen LogP contribution in [0, 0.1) is 12.7 Å². The molecule has 1 unspecified atom stereocenters. The van der Waals surface area contributed by atoms with Gasteiger partial charge in [0.05, 0.1) is 13.7 Å². The standard InChI is InChI=1S/C19H19FN2O3/c1-12-4-7-16(8-5-12)22-13(2)18(23)21(19(22)24)11-14-10-15(20)6-9-17(14)25-3/h4-10,13H,11H2,1-3H3. The summed E-state index contributed by atoms with van der Waals surface area (Å²) in [5, 5.41) is 0. The quantitative estimate of drug-likeness (QED) is 0.799. The average Bonchev–Trinajstić information content (AvgIpc) is 2.80. The van der Waals surface area contributed by atoms with Crippen LogP contribution in [0.1, 0.15) is 18.1 Å². The van der Waals surface area contributed by atoms with Gasteiger partial charge in [-0.1, -0.05) is 17.7 Å². The molecular weight excluding hydrogens is 323 g/mol. The van der Waals surface area contributed by atoms with E-state index in [4.69, 9.17) is 4.74 Å². The molecule has 0 spiro atoms. The summed E-state index contributed by atoms with van der Waals surface area (Å²) in [7, 11) is 1.46. The Morgan fingerprint density at radius 1 is 1.12 bits per heavy atom. The Bertz CT molecular complexity index is 820. The van der Waals surface area contributed by atoms with Crippen molar-refractivity contribution >= 4 is 17.6 Å². The molecule has 0 aliphatic carbocycles. The van der Waals surface area contributed by atoms with E-state index in [1.807, 2.05) is 31.2 Å². The Morgan fingerprint density at radius 2 is 1.80 bits per heavy atom. The molecule has 1 atom stereocenters. The molecule has 5 nitrogen and oxygen atoms in total. The maximum Gasteiger partial charge on any atom is 0.332 e. The van der Waals surface area contributed by atoms with Gasteiger partial charge in [0.15, 0.2) is 0 Å². The number of amides is 3. The van der Waals surface area contributed by atoms with Crippen LogP contribution in [0.25, 0.3) is 0 Å². The van der Waals surface area contributed by atoms with Gasteiger partial charge in [-0.15, -0.1) is 0 Å². The fourth-order valence-electron chi connectivity index (χ4n) is 2.95. The number of urea groups is 1. The molecule has 2 aromatic carbocycles. The maximum atomic E-state index is 13.6. The molecule has 1 aliphatic rings. The van der Waals surface area contributed by atoms with E-state index < -0.39 is 17.9 Å². The predicted molar refractivity (Wildman–Crippen MR) is 92.0 cm³/mol. The van der Waals surface area contributed by atoms with E-state index >= 15 is 0 Å². The van der Waals surface area contributed by atoms with Gasteiger partial charge in [-0.05, 0) is 44.2 Å². The molecule has 1 aliphatic heterocycles. The highest BCUT2D eigenvalue weighted by molar-refractivity contribution is 6.14. The molecule has 1 saturated heterocycles. The van der Waals surface area contributed by atoms with Crippen molar-refractivity contribution in [1.82, 2.24) is 4.90 Å². The van der Waals surface area contributed by atoms with Crippen molar-refractivity contribution in [1.29, 1.82) is 0 Å². The van der Waals surface area contributed by atoms with Crippen LogP contribution in [0.2, 0.25) is 0 Å². The molecule has 1 fully saturated rings. The lowest BCUT2D eigenvalue weighted by Crippen LogP contribution is -2.33. The lowest BCUT2D eigenvalue weighted by molar-refractivity contribution is -0.127. The van der Waals surface area contributed by atoms with E-state index in [9.17, 15) is 14.0 Å². The number of benzene rings is 2. The van der Waals surface area contributed by atoms with E-state index in [1.54, 1.807) is 6.92 Å². The Labute approximate surface area is 145 Å². The number of imide groups is 1. The fraction of sp³-hybridized carbons (Fsp3) is 0.263. The van der Waals surface area contributed by atoms with Gasteiger partial charge in [0.1, 0.15) is 17.6 Å². The molecule has 0 radical (unpaired) electrons. The molecule has 0 aromatic heterocycles. The lowest BCUT2D eigenvalue weighted by Gasteiger charge is -2.20. The molecule has 3 rings (SSSR count). The van der Waals surface area contributed by atoms with Crippen molar-refractivity contribution in [2.75, 3.05) is 12.0 Å². The topological polar surface area (TPSA) is 49.9 Å². The fourth-order valence-corrected chi connectivity index (χ4v) is 2.95. The minimum Gasteiger partial charge on any atom is -0.496 e. The molecule has 0 bridgehead atoms. The second-order valence-corrected chi connectivity index (χ2v) is 6.04. The van der Waals surface area contributed by atoms with Crippen LogP contribution < -0.4 is 9.64 Å². The third-order valence-corrected chi connectivity index (χ3v) is 4.33. The van der Waals surface area contributed by atoms with E-state index in [-0.39, 0.29) is 12.5 Å². The van der Waals surface area contributed by atoms with Crippen LogP contribution in [-0.4, -0.2) is 30.0 Å². The Hall–Kier alpha value is -2.89. The Kier molecular flexibility index (Phi) is 4.44. The van der Waals surface area contributed by atoms with Gasteiger partial charge in [0, 0.05) is 11.3 Å². The summed E-state index contributed by atoms with van der Waals surface area (Å²) in [6.45, 7) is 3.60. The average molecular weight is 342 g/mol. The largest absolute Gasteiger partial charge is 0.496 e. The summed E-state index contributed by atoms with van der Waals surface area (Å²) in [5.74, 6) is -0.335. The first-order valence-electron chi connectivity index (χ1n) is 7.96. The number of hydrogen-bond donors (Lipinski definition) is 0. The number of ether oxygens (including phenoxy) is 1. The molecule has 3 amide bonds. The van der Waals surface area contributed by atoms with Gasteiger partial charge in [-0.3, -0.25) is 14.6 Å². The van der Waals surface area contributed by atoms with E-state index in [0.29, 0.717) is 17.0 Å². The molecule has 1 heterocycles. The number of anilines is 1. The van der Waals surface area contributed by atoms with Gasteiger partial charge in [-0.2, -0.15) is 0 Å². The number of nitrogens with zero attached hydrogens (tertiary/aromatic N) is 2. The van der Waals surface area contributed by atoms with Crippen LogP contribution in [0.5, 0.6) is 5.75 Å². The summed E-state index contributed by atoms with van der Waals surface area (Å²) in [4.78, 5) is 28.0. The summed E-state index contributed by atoms with van der Waals surface area (Å²) >= 11 is 0. The molecule has 2 aromatic rings. The van der Waals surface area contributed by atoms with Crippen LogP contribution in [0.3, 0.4) is 0 Å². The predicted octanol–water partition coefficient (Wildman–Crippen LogP) is 3.50. The van der Waals surface area contributed by atoms with Gasteiger partial charge < -0.3 is 4.74 Å². The normalized spacial score (nSPS) is 17.4. The van der Waals surface area contributed by atoms with Crippen molar-refractivity contribution < 1.29 is 18.7 Å². The highest BCUT2D eigenvalue weighted by Crippen LogP contribution is 2.29. The number of carbonyl (C=O) groups is 2. The Morgan fingerprint density at radius 3 is 2.44 bits per heavy atom. The summed E-state index contributed by atoms with van der Waals surface area (Å²) in [6, 6.07) is 10.4. The van der Waals surface area contributed by atoms with Crippen LogP contribution in [0.4, 0.5) is 14.9 Å². The van der Waals surface area contributed by atoms with Gasteiger partial charge in [0.2, 0.25) is 0 Å². The molecule has 6 heteroatoms. The summed E-state index contributed by atoms with van der Waals surface area (Å²) in [5.41, 5.74) is 2.17. The first-order valence-corrected chi connectivity index (χ1v) is 7.96. The Balaban J connectivity index is 1.91. The van der Waals surface area contributed by atoms with Crippen molar-refractivity contribution in [3.63, 3.8) is 0 Å². The monoisotopic (exact) mass is 342 g/mol. The highest BCUT2D eigenvalue weighted by atomic mass is 19.1. The van der Waals surface area contributed by atoms with Crippen molar-refractivity contribution in [2.45, 2.75) is 26.4 Å². The van der Waals surface area contributed by atoms with Gasteiger partial charge in [-0.25, -0.2) is 9.18 Å². The maximum absolute atomic E-state index is 13.6. The second kappa shape index (κ2) is 6.55. The SMILES string of the molecule is COc1ccc(F)cc1CN1C(=O)C(C)N(c2ccc(C)cc2)C1=O. The lowest BCUT2D eigenvalue weighted by atomic mass is 10.1. The van der Waals surface area contributed by atoms with E-state index in [0.717, 1.165) is 10.5 Å². The zero-order chi connectivity index (χ0) is 18.1. The first kappa shape index (κ1) is 17.0. The van der Waals surface area contributed by atoms with Crippen molar-refractivity contribution in [2.24, 2.45) is 0 Å². The minimum absolute atomic E-state index is 0.0364. The number of hydrogen-bond acceptors (Lipinski definition) is 3. The molecule has 0 N–H and O–H groups in total. The van der Waals surface area contributed by atoms with Crippen LogP contribution >= 0.6 is 0 Å². The zero-order valence-corrected chi connectivity index (χ0v) is 14.3. The third-order valence-electron chi connectivity index (χ3n) is 4.33.